The largest absolute Gasteiger partial charge is 0.479 e. The van der Waals surface area contributed by atoms with E-state index in [9.17, 15) is 4.79 Å². The van der Waals surface area contributed by atoms with Crippen molar-refractivity contribution in [3.8, 4) is 17.5 Å². The van der Waals surface area contributed by atoms with Gasteiger partial charge in [-0.3, -0.25) is 0 Å². The van der Waals surface area contributed by atoms with Crippen molar-refractivity contribution >= 4 is 5.97 Å². The van der Waals surface area contributed by atoms with Crippen molar-refractivity contribution in [2.24, 2.45) is 0 Å². The normalized spacial score (nSPS) is 11.5. The van der Waals surface area contributed by atoms with E-state index in [1.54, 1.807) is 31.2 Å². The minimum Gasteiger partial charge on any atom is -0.479 e. The Hall–Kier alpha value is -3.59. The molecule has 1 aromatic heterocycles. The number of aromatic nitrogens is 2. The first kappa shape index (κ1) is 19.2. The predicted molar refractivity (Wildman–Crippen MR) is 104 cm³/mol. The predicted octanol–water partition coefficient (Wildman–Crippen LogP) is 3.87. The second kappa shape index (κ2) is 8.40. The molecule has 2 aromatic carbocycles. The molecular weight excluding hydrogens is 354 g/mol. The molecule has 0 saturated carbocycles. The van der Waals surface area contributed by atoms with E-state index in [1.807, 2.05) is 54.9 Å². The fourth-order valence-electron chi connectivity index (χ4n) is 2.79. The van der Waals surface area contributed by atoms with Gasteiger partial charge in [-0.2, -0.15) is 10.4 Å². The van der Waals surface area contributed by atoms with Crippen molar-refractivity contribution in [1.82, 2.24) is 9.78 Å². The van der Waals surface area contributed by atoms with Crippen LogP contribution in [0, 0.1) is 25.2 Å². The molecule has 0 N–H and O–H groups in total. The van der Waals surface area contributed by atoms with E-state index in [4.69, 9.17) is 14.7 Å². The number of nitriles is 1. The zero-order chi connectivity index (χ0) is 20.1. The van der Waals surface area contributed by atoms with Crippen LogP contribution in [0.25, 0.3) is 5.69 Å². The maximum Gasteiger partial charge on any atom is 0.347 e. The standard InChI is InChI=1S/C22H21N3O3/c1-15-11-16(2)25(24-15)20-9-7-18(8-10-20)14-27-22(26)17(3)28-21-6-4-5-19(12-21)13-23/h4-12,17H,14H2,1-3H3. The average Bonchev–Trinajstić information content (AvgIpc) is 3.04. The Morgan fingerprint density at radius 2 is 1.93 bits per heavy atom. The van der Waals surface area contributed by atoms with Crippen molar-refractivity contribution in [2.45, 2.75) is 33.5 Å². The minimum absolute atomic E-state index is 0.155. The highest BCUT2D eigenvalue weighted by atomic mass is 16.6. The number of hydrogen-bond donors (Lipinski definition) is 0. The van der Waals surface area contributed by atoms with Crippen LogP contribution >= 0.6 is 0 Å². The first-order chi connectivity index (χ1) is 13.5. The fraction of sp³-hybridized carbons (Fsp3) is 0.227. The van der Waals surface area contributed by atoms with Gasteiger partial charge in [-0.05, 0) is 62.7 Å². The highest BCUT2D eigenvalue weighted by molar-refractivity contribution is 5.74. The summed E-state index contributed by atoms with van der Waals surface area (Å²) in [5.74, 6) is -0.0114. The zero-order valence-corrected chi connectivity index (χ0v) is 16.0. The minimum atomic E-state index is -0.775. The highest BCUT2D eigenvalue weighted by Gasteiger charge is 2.16. The number of rotatable bonds is 6. The lowest BCUT2D eigenvalue weighted by atomic mass is 10.2. The summed E-state index contributed by atoms with van der Waals surface area (Å²) in [5, 5.41) is 13.4. The molecule has 28 heavy (non-hydrogen) atoms. The van der Waals surface area contributed by atoms with Crippen LogP contribution in [0.3, 0.4) is 0 Å². The third-order valence-electron chi connectivity index (χ3n) is 4.18. The van der Waals surface area contributed by atoms with E-state index in [2.05, 4.69) is 5.10 Å². The second-order valence-corrected chi connectivity index (χ2v) is 6.51. The van der Waals surface area contributed by atoms with Crippen molar-refractivity contribution in [1.29, 1.82) is 5.26 Å². The van der Waals surface area contributed by atoms with E-state index in [0.717, 1.165) is 22.6 Å². The van der Waals surface area contributed by atoms with Gasteiger partial charge in [0, 0.05) is 5.69 Å². The Bertz CT molecular complexity index is 1020. The van der Waals surface area contributed by atoms with Crippen LogP contribution in [0.2, 0.25) is 0 Å². The molecule has 3 aromatic rings. The van der Waals surface area contributed by atoms with E-state index in [-0.39, 0.29) is 6.61 Å². The smallest absolute Gasteiger partial charge is 0.347 e. The lowest BCUT2D eigenvalue weighted by Gasteiger charge is -2.14. The van der Waals surface area contributed by atoms with Gasteiger partial charge in [-0.25, -0.2) is 9.48 Å². The van der Waals surface area contributed by atoms with Gasteiger partial charge in [-0.1, -0.05) is 18.2 Å². The van der Waals surface area contributed by atoms with Gasteiger partial charge >= 0.3 is 5.97 Å². The molecule has 142 valence electrons. The molecule has 0 saturated heterocycles. The summed E-state index contributed by atoms with van der Waals surface area (Å²) >= 11 is 0. The number of benzene rings is 2. The molecule has 1 unspecified atom stereocenters. The third kappa shape index (κ3) is 4.57. The molecule has 0 bridgehead atoms. The fourth-order valence-corrected chi connectivity index (χ4v) is 2.79. The molecule has 6 heteroatoms. The molecule has 3 rings (SSSR count). The van der Waals surface area contributed by atoms with Gasteiger partial charge in [0.1, 0.15) is 12.4 Å². The van der Waals surface area contributed by atoms with Gasteiger partial charge in [0.15, 0.2) is 6.10 Å². The van der Waals surface area contributed by atoms with Crippen LogP contribution in [0.4, 0.5) is 0 Å². The summed E-state index contributed by atoms with van der Waals surface area (Å²) in [6.45, 7) is 5.73. The molecule has 0 aliphatic rings. The van der Waals surface area contributed by atoms with Gasteiger partial charge < -0.3 is 9.47 Å². The summed E-state index contributed by atoms with van der Waals surface area (Å²) in [6.07, 6.45) is -0.775. The first-order valence-corrected chi connectivity index (χ1v) is 8.92. The van der Waals surface area contributed by atoms with Crippen LogP contribution in [0.1, 0.15) is 29.4 Å². The summed E-state index contributed by atoms with van der Waals surface area (Å²) in [5.41, 5.74) is 4.32. The van der Waals surface area contributed by atoms with Crippen LogP contribution in [-0.4, -0.2) is 21.9 Å². The lowest BCUT2D eigenvalue weighted by Crippen LogP contribution is -2.26. The van der Waals surface area contributed by atoms with Gasteiger partial charge in [0.25, 0.3) is 0 Å². The first-order valence-electron chi connectivity index (χ1n) is 8.92. The number of esters is 1. The Labute approximate surface area is 163 Å². The van der Waals surface area contributed by atoms with E-state index in [1.165, 1.54) is 0 Å². The molecule has 0 amide bonds. The van der Waals surface area contributed by atoms with Gasteiger partial charge in [-0.15, -0.1) is 0 Å². The summed E-state index contributed by atoms with van der Waals surface area (Å²) < 4.78 is 12.8. The van der Waals surface area contributed by atoms with Crippen LogP contribution in [-0.2, 0) is 16.1 Å². The summed E-state index contributed by atoms with van der Waals surface area (Å²) in [6, 6.07) is 18.4. The van der Waals surface area contributed by atoms with Gasteiger partial charge in [0.2, 0.25) is 0 Å². The molecule has 0 radical (unpaired) electrons. The maximum absolute atomic E-state index is 12.2. The number of nitrogens with zero attached hydrogens (tertiary/aromatic N) is 3. The maximum atomic E-state index is 12.2. The molecule has 6 nitrogen and oxygen atoms in total. The Balaban J connectivity index is 1.56. The van der Waals surface area contributed by atoms with Crippen molar-refractivity contribution in [3.63, 3.8) is 0 Å². The number of aryl methyl sites for hydroxylation is 2. The van der Waals surface area contributed by atoms with Crippen molar-refractivity contribution in [3.05, 3.63) is 77.1 Å². The van der Waals surface area contributed by atoms with Crippen molar-refractivity contribution < 1.29 is 14.3 Å². The van der Waals surface area contributed by atoms with Crippen molar-refractivity contribution in [2.75, 3.05) is 0 Å². The van der Waals surface area contributed by atoms with Gasteiger partial charge in [0.05, 0.1) is 23.0 Å². The quantitative estimate of drug-likeness (QED) is 0.611. The monoisotopic (exact) mass is 375 g/mol. The number of carbonyl (C=O) groups is 1. The lowest BCUT2D eigenvalue weighted by molar-refractivity contribution is -0.152. The molecule has 1 atom stereocenters. The summed E-state index contributed by atoms with van der Waals surface area (Å²) in [7, 11) is 0. The summed E-state index contributed by atoms with van der Waals surface area (Å²) in [4.78, 5) is 12.2. The second-order valence-electron chi connectivity index (χ2n) is 6.51. The Morgan fingerprint density at radius 3 is 2.57 bits per heavy atom. The number of hydrogen-bond acceptors (Lipinski definition) is 5. The van der Waals surface area contributed by atoms with E-state index >= 15 is 0 Å². The zero-order valence-electron chi connectivity index (χ0n) is 16.0. The average molecular weight is 375 g/mol. The van der Waals surface area contributed by atoms with E-state index in [0.29, 0.717) is 11.3 Å². The molecule has 0 aliphatic carbocycles. The third-order valence-corrected chi connectivity index (χ3v) is 4.18. The van der Waals surface area contributed by atoms with E-state index < -0.39 is 12.1 Å². The molecular formula is C22H21N3O3. The van der Waals surface area contributed by atoms with Crippen LogP contribution in [0.15, 0.2) is 54.6 Å². The number of ether oxygens (including phenoxy) is 2. The molecule has 0 fully saturated rings. The SMILES string of the molecule is Cc1cc(C)n(-c2ccc(COC(=O)C(C)Oc3cccc(C#N)c3)cc2)n1. The Morgan fingerprint density at radius 1 is 1.18 bits per heavy atom. The molecule has 0 aliphatic heterocycles. The van der Waals surface area contributed by atoms with Crippen LogP contribution < -0.4 is 4.74 Å². The topological polar surface area (TPSA) is 77.1 Å². The Kier molecular flexibility index (Phi) is 5.75. The van der Waals surface area contributed by atoms with Crippen LogP contribution in [0.5, 0.6) is 5.75 Å². The highest BCUT2D eigenvalue weighted by Crippen LogP contribution is 2.16. The molecule has 1 heterocycles. The molecule has 0 spiro atoms. The number of carbonyl (C=O) groups excluding carboxylic acids is 1.